The van der Waals surface area contributed by atoms with E-state index in [4.69, 9.17) is 4.74 Å². The number of likely N-dealkylation sites (tertiary alicyclic amines) is 1. The van der Waals surface area contributed by atoms with Crippen molar-refractivity contribution in [3.63, 3.8) is 0 Å². The summed E-state index contributed by atoms with van der Waals surface area (Å²) < 4.78 is 5.92. The Balaban J connectivity index is 1.45. The molecule has 0 atom stereocenters. The lowest BCUT2D eigenvalue weighted by Gasteiger charge is -2.46. The van der Waals surface area contributed by atoms with Gasteiger partial charge in [0.25, 0.3) is 11.8 Å². The van der Waals surface area contributed by atoms with Gasteiger partial charge in [0.05, 0.1) is 35.8 Å². The zero-order valence-electron chi connectivity index (χ0n) is 13.6. The van der Waals surface area contributed by atoms with Crippen LogP contribution in [0, 0.1) is 0 Å². The Labute approximate surface area is 149 Å². The Morgan fingerprint density at radius 1 is 1.24 bits per heavy atom. The molecule has 7 nitrogen and oxygen atoms in total. The van der Waals surface area contributed by atoms with Crippen molar-refractivity contribution in [1.29, 1.82) is 0 Å². The lowest BCUT2D eigenvalue weighted by molar-refractivity contribution is -0.143. The minimum atomic E-state index is -0.408. The highest BCUT2D eigenvalue weighted by molar-refractivity contribution is 7.08. The van der Waals surface area contributed by atoms with E-state index in [-0.39, 0.29) is 18.4 Å². The van der Waals surface area contributed by atoms with E-state index in [9.17, 15) is 9.59 Å². The van der Waals surface area contributed by atoms with Crippen molar-refractivity contribution < 1.29 is 14.3 Å². The Morgan fingerprint density at radius 2 is 2.00 bits per heavy atom. The van der Waals surface area contributed by atoms with Crippen molar-refractivity contribution in [3.8, 4) is 0 Å². The molecular weight excluding hydrogens is 340 g/mol. The van der Waals surface area contributed by atoms with Crippen LogP contribution in [-0.2, 0) is 9.53 Å². The largest absolute Gasteiger partial charge is 0.363 e. The fraction of sp³-hybridized carbons (Fsp3) is 0.412. The van der Waals surface area contributed by atoms with Gasteiger partial charge in [-0.05, 0) is 24.3 Å². The standard InChI is InChI=1S/C17H18N4O3S/c22-15-9-24-17(11-21(15)14-7-18-12-19-8-14)2-4-20(5-3-17)16(23)13-1-6-25-10-13/h1,6-8,10,12H,2-5,9,11H2. The molecule has 0 radical (unpaired) electrons. The van der Waals surface area contributed by atoms with E-state index in [0.29, 0.717) is 38.2 Å². The molecule has 0 bridgehead atoms. The van der Waals surface area contributed by atoms with E-state index in [0.717, 1.165) is 5.56 Å². The molecule has 4 heterocycles. The summed E-state index contributed by atoms with van der Waals surface area (Å²) >= 11 is 1.52. The molecule has 2 aromatic heterocycles. The second kappa shape index (κ2) is 6.53. The summed E-state index contributed by atoms with van der Waals surface area (Å²) in [6.07, 6.45) is 6.14. The minimum absolute atomic E-state index is 0.0490. The number of carbonyl (C=O) groups excluding carboxylic acids is 2. The molecular formula is C17H18N4O3S. The number of thiophene rings is 1. The number of hydrogen-bond acceptors (Lipinski definition) is 6. The average Bonchev–Trinajstić information content (AvgIpc) is 3.20. The van der Waals surface area contributed by atoms with Crippen molar-refractivity contribution >= 4 is 28.8 Å². The third-order valence-corrected chi connectivity index (χ3v) is 5.52. The maximum atomic E-state index is 12.5. The number of rotatable bonds is 2. The molecule has 25 heavy (non-hydrogen) atoms. The van der Waals surface area contributed by atoms with Crippen molar-refractivity contribution in [1.82, 2.24) is 14.9 Å². The molecule has 4 rings (SSSR count). The van der Waals surface area contributed by atoms with Crippen molar-refractivity contribution in [2.45, 2.75) is 18.4 Å². The summed E-state index contributed by atoms with van der Waals surface area (Å²) in [5.74, 6) is -0.0199. The van der Waals surface area contributed by atoms with E-state index in [1.165, 1.54) is 17.7 Å². The predicted octanol–water partition coefficient (Wildman–Crippen LogP) is 1.58. The summed E-state index contributed by atoms with van der Waals surface area (Å²) in [6.45, 7) is 1.77. The van der Waals surface area contributed by atoms with Gasteiger partial charge in [-0.15, -0.1) is 0 Å². The predicted molar refractivity (Wildman–Crippen MR) is 92.5 cm³/mol. The van der Waals surface area contributed by atoms with Gasteiger partial charge in [0.2, 0.25) is 0 Å². The van der Waals surface area contributed by atoms with E-state index in [1.807, 2.05) is 21.7 Å². The second-order valence-corrected chi connectivity index (χ2v) is 7.13. The Kier molecular flexibility index (Phi) is 4.22. The smallest absolute Gasteiger partial charge is 0.254 e. The van der Waals surface area contributed by atoms with Gasteiger partial charge in [0, 0.05) is 18.5 Å². The van der Waals surface area contributed by atoms with E-state index in [2.05, 4.69) is 9.97 Å². The normalized spacial score (nSPS) is 20.1. The van der Waals surface area contributed by atoms with Crippen LogP contribution in [-0.4, -0.2) is 58.5 Å². The van der Waals surface area contributed by atoms with Gasteiger partial charge in [-0.3, -0.25) is 9.59 Å². The van der Waals surface area contributed by atoms with Crippen molar-refractivity contribution in [2.24, 2.45) is 0 Å². The Bertz CT molecular complexity index is 757. The highest BCUT2D eigenvalue weighted by Gasteiger charge is 2.43. The van der Waals surface area contributed by atoms with Crippen LogP contribution in [0.25, 0.3) is 0 Å². The van der Waals surface area contributed by atoms with E-state index in [1.54, 1.807) is 17.3 Å². The van der Waals surface area contributed by atoms with Crippen LogP contribution in [0.4, 0.5) is 5.69 Å². The number of hydrogen-bond donors (Lipinski definition) is 0. The van der Waals surface area contributed by atoms with Crippen LogP contribution in [0.3, 0.4) is 0 Å². The summed E-state index contributed by atoms with van der Waals surface area (Å²) in [5.41, 5.74) is 1.02. The summed E-state index contributed by atoms with van der Waals surface area (Å²) in [6, 6.07) is 1.85. The Hall–Kier alpha value is -2.32. The van der Waals surface area contributed by atoms with Crippen LogP contribution in [0.1, 0.15) is 23.2 Å². The van der Waals surface area contributed by atoms with Gasteiger partial charge < -0.3 is 14.5 Å². The minimum Gasteiger partial charge on any atom is -0.363 e. The van der Waals surface area contributed by atoms with Gasteiger partial charge in [-0.1, -0.05) is 0 Å². The number of aromatic nitrogens is 2. The zero-order valence-corrected chi connectivity index (χ0v) is 14.4. The van der Waals surface area contributed by atoms with Gasteiger partial charge >= 0.3 is 0 Å². The zero-order chi connectivity index (χ0) is 17.3. The maximum Gasteiger partial charge on any atom is 0.254 e. The fourth-order valence-electron chi connectivity index (χ4n) is 3.37. The molecule has 2 aromatic rings. The number of carbonyl (C=O) groups is 2. The molecule has 2 aliphatic heterocycles. The average molecular weight is 358 g/mol. The molecule has 2 amide bonds. The molecule has 0 unspecified atom stereocenters. The second-order valence-electron chi connectivity index (χ2n) is 6.35. The topological polar surface area (TPSA) is 75.6 Å². The molecule has 0 N–H and O–H groups in total. The molecule has 2 fully saturated rings. The molecule has 130 valence electrons. The summed E-state index contributed by atoms with van der Waals surface area (Å²) in [4.78, 5) is 36.3. The highest BCUT2D eigenvalue weighted by Crippen LogP contribution is 2.32. The monoisotopic (exact) mass is 358 g/mol. The first-order valence-electron chi connectivity index (χ1n) is 8.18. The van der Waals surface area contributed by atoms with E-state index < -0.39 is 5.60 Å². The summed E-state index contributed by atoms with van der Waals surface area (Å²) in [5, 5.41) is 3.79. The maximum absolute atomic E-state index is 12.5. The first kappa shape index (κ1) is 16.2. The third-order valence-electron chi connectivity index (χ3n) is 4.84. The number of nitrogens with zero attached hydrogens (tertiary/aromatic N) is 4. The molecule has 2 aliphatic rings. The number of morpholine rings is 1. The van der Waals surface area contributed by atoms with Crippen molar-refractivity contribution in [3.05, 3.63) is 41.1 Å². The Morgan fingerprint density at radius 3 is 2.68 bits per heavy atom. The molecule has 0 aromatic carbocycles. The molecule has 8 heteroatoms. The van der Waals surface area contributed by atoms with Crippen LogP contribution >= 0.6 is 11.3 Å². The first-order valence-corrected chi connectivity index (χ1v) is 9.12. The SMILES string of the molecule is O=C(c1ccsc1)N1CCC2(CC1)CN(c1cncnc1)C(=O)CO2. The van der Waals surface area contributed by atoms with Gasteiger partial charge in [-0.2, -0.15) is 11.3 Å². The molecule has 2 saturated heterocycles. The third kappa shape index (κ3) is 3.14. The van der Waals surface area contributed by atoms with Crippen molar-refractivity contribution in [2.75, 3.05) is 31.1 Å². The molecule has 0 aliphatic carbocycles. The van der Waals surface area contributed by atoms with Crippen LogP contribution in [0.15, 0.2) is 35.5 Å². The highest BCUT2D eigenvalue weighted by atomic mass is 32.1. The van der Waals surface area contributed by atoms with Gasteiger partial charge in [0.15, 0.2) is 0 Å². The molecule has 1 spiro atoms. The van der Waals surface area contributed by atoms with Crippen LogP contribution in [0.2, 0.25) is 0 Å². The van der Waals surface area contributed by atoms with Crippen LogP contribution < -0.4 is 4.90 Å². The first-order chi connectivity index (χ1) is 12.2. The lowest BCUT2D eigenvalue weighted by atomic mass is 9.89. The quantitative estimate of drug-likeness (QED) is 0.815. The molecule has 0 saturated carbocycles. The number of piperidine rings is 1. The number of amides is 2. The summed E-state index contributed by atoms with van der Waals surface area (Å²) in [7, 11) is 0. The van der Waals surface area contributed by atoms with Gasteiger partial charge in [0.1, 0.15) is 12.9 Å². The number of anilines is 1. The van der Waals surface area contributed by atoms with E-state index >= 15 is 0 Å². The number of ether oxygens (including phenoxy) is 1. The van der Waals surface area contributed by atoms with Gasteiger partial charge in [-0.25, -0.2) is 9.97 Å². The lowest BCUT2D eigenvalue weighted by Crippen LogP contribution is -2.59. The van der Waals surface area contributed by atoms with Crippen LogP contribution in [0.5, 0.6) is 0 Å². The fourth-order valence-corrected chi connectivity index (χ4v) is 4.00.